The van der Waals surface area contributed by atoms with Crippen LogP contribution in [0.5, 0.6) is 11.5 Å². The van der Waals surface area contributed by atoms with Crippen molar-refractivity contribution in [3.63, 3.8) is 0 Å². The Labute approximate surface area is 174 Å². The molecule has 1 saturated heterocycles. The number of piperidine rings is 1. The molecule has 8 nitrogen and oxygen atoms in total. The lowest BCUT2D eigenvalue weighted by Crippen LogP contribution is -2.30. The maximum absolute atomic E-state index is 6.08. The number of fused-ring (bicyclic) bond motifs is 1. The van der Waals surface area contributed by atoms with Crippen molar-refractivity contribution >= 4 is 28.7 Å². The molecule has 1 aliphatic heterocycles. The summed E-state index contributed by atoms with van der Waals surface area (Å²) >= 11 is 1.52. The van der Waals surface area contributed by atoms with Gasteiger partial charge in [-0.15, -0.1) is 0 Å². The van der Waals surface area contributed by atoms with E-state index in [1.54, 1.807) is 14.2 Å². The smallest absolute Gasteiger partial charge is 0.175 e. The predicted octanol–water partition coefficient (Wildman–Crippen LogP) is 2.97. The minimum absolute atomic E-state index is 0.396. The minimum atomic E-state index is 0.396. The number of nitrogen functional groups attached to an aromatic ring is 1. The van der Waals surface area contributed by atoms with Crippen molar-refractivity contribution in [3.8, 4) is 11.5 Å². The van der Waals surface area contributed by atoms with E-state index in [1.807, 2.05) is 18.2 Å². The number of hydrogen-bond acceptors (Lipinski definition) is 8. The van der Waals surface area contributed by atoms with Gasteiger partial charge in [-0.3, -0.25) is 0 Å². The zero-order valence-corrected chi connectivity index (χ0v) is 17.5. The van der Waals surface area contributed by atoms with Gasteiger partial charge in [0.2, 0.25) is 0 Å². The molecule has 0 amide bonds. The van der Waals surface area contributed by atoms with E-state index < -0.39 is 0 Å². The van der Waals surface area contributed by atoms with Crippen molar-refractivity contribution in [1.29, 1.82) is 0 Å². The number of aromatic nitrogens is 4. The molecule has 3 aromatic rings. The van der Waals surface area contributed by atoms with Crippen LogP contribution in [0.4, 0.5) is 5.82 Å². The molecule has 0 aliphatic carbocycles. The van der Waals surface area contributed by atoms with E-state index in [2.05, 4.69) is 19.9 Å². The summed E-state index contributed by atoms with van der Waals surface area (Å²) in [5.41, 5.74) is 7.49. The average molecular weight is 415 g/mol. The number of ether oxygens (including phenoxy) is 2. The van der Waals surface area contributed by atoms with Crippen LogP contribution in [-0.2, 0) is 6.54 Å². The van der Waals surface area contributed by atoms with Gasteiger partial charge in [0.15, 0.2) is 22.1 Å². The second-order valence-corrected chi connectivity index (χ2v) is 8.11. The lowest BCUT2D eigenvalue weighted by Gasteiger charge is -2.23. The molecule has 1 atom stereocenters. The molecular weight excluding hydrogens is 388 g/mol. The zero-order valence-electron chi connectivity index (χ0n) is 16.7. The van der Waals surface area contributed by atoms with Gasteiger partial charge in [-0.05, 0) is 68.2 Å². The Hall–Kier alpha value is -2.52. The van der Waals surface area contributed by atoms with Crippen LogP contribution in [0.3, 0.4) is 0 Å². The van der Waals surface area contributed by atoms with Crippen molar-refractivity contribution < 1.29 is 9.47 Å². The van der Waals surface area contributed by atoms with Crippen molar-refractivity contribution in [1.82, 2.24) is 24.8 Å². The topological polar surface area (TPSA) is 100 Å². The lowest BCUT2D eigenvalue weighted by molar-refractivity contribution is 0.339. The molecular formula is C20H26N6O2S. The highest BCUT2D eigenvalue weighted by Gasteiger charge is 2.20. The number of nitrogens with one attached hydrogen (secondary N) is 1. The van der Waals surface area contributed by atoms with Gasteiger partial charge in [0.05, 0.1) is 19.1 Å². The second-order valence-electron chi connectivity index (χ2n) is 7.10. The Kier molecular flexibility index (Phi) is 6.05. The zero-order chi connectivity index (χ0) is 20.2. The first kappa shape index (κ1) is 19.8. The molecule has 0 bridgehead atoms. The van der Waals surface area contributed by atoms with Gasteiger partial charge in [-0.1, -0.05) is 0 Å². The standard InChI is InChI=1S/C20H26N6O2S/c1-27-14-5-6-15(28-2)16(10-14)29-20-25-17-18(21)23-12-24-19(17)26(20)9-7-13-4-3-8-22-11-13/h5-6,10,12-13,22H,3-4,7-9,11H2,1-2H3,(H2,21,23,24). The first-order valence-electron chi connectivity index (χ1n) is 9.77. The summed E-state index contributed by atoms with van der Waals surface area (Å²) in [4.78, 5) is 14.3. The van der Waals surface area contributed by atoms with Crippen molar-refractivity contribution in [3.05, 3.63) is 24.5 Å². The van der Waals surface area contributed by atoms with Crippen LogP contribution in [0.15, 0.2) is 34.6 Å². The summed E-state index contributed by atoms with van der Waals surface area (Å²) in [6.07, 6.45) is 5.04. The highest BCUT2D eigenvalue weighted by atomic mass is 32.2. The van der Waals surface area contributed by atoms with E-state index in [4.69, 9.17) is 20.2 Å². The van der Waals surface area contributed by atoms with Gasteiger partial charge in [-0.25, -0.2) is 15.0 Å². The number of hydrogen-bond donors (Lipinski definition) is 2. The minimum Gasteiger partial charge on any atom is -0.497 e. The number of imidazole rings is 1. The molecule has 3 heterocycles. The van der Waals surface area contributed by atoms with Crippen LogP contribution in [0.2, 0.25) is 0 Å². The normalized spacial score (nSPS) is 16.8. The SMILES string of the molecule is COc1ccc(OC)c(Sc2nc3c(N)ncnc3n2CCC2CCCNC2)c1. The van der Waals surface area contributed by atoms with Gasteiger partial charge in [-0.2, -0.15) is 0 Å². The van der Waals surface area contributed by atoms with Gasteiger partial charge >= 0.3 is 0 Å². The molecule has 1 aliphatic rings. The Balaban J connectivity index is 1.68. The molecule has 3 N–H and O–H groups in total. The summed E-state index contributed by atoms with van der Waals surface area (Å²) in [6.45, 7) is 3.01. The maximum Gasteiger partial charge on any atom is 0.175 e. The molecule has 4 rings (SSSR count). The average Bonchev–Trinajstić information content (AvgIpc) is 3.11. The van der Waals surface area contributed by atoms with Gasteiger partial charge in [0, 0.05) is 6.54 Å². The fraction of sp³-hybridized carbons (Fsp3) is 0.450. The highest BCUT2D eigenvalue weighted by Crippen LogP contribution is 2.38. The van der Waals surface area contributed by atoms with Crippen LogP contribution in [-0.4, -0.2) is 46.8 Å². The molecule has 154 valence electrons. The van der Waals surface area contributed by atoms with E-state index in [1.165, 1.54) is 30.9 Å². The van der Waals surface area contributed by atoms with Gasteiger partial charge in [0.1, 0.15) is 17.8 Å². The number of aryl methyl sites for hydroxylation is 1. The highest BCUT2D eigenvalue weighted by molar-refractivity contribution is 7.99. The number of nitrogens with zero attached hydrogens (tertiary/aromatic N) is 4. The van der Waals surface area contributed by atoms with Gasteiger partial charge in [0.25, 0.3) is 0 Å². The monoisotopic (exact) mass is 414 g/mol. The van der Waals surface area contributed by atoms with Crippen LogP contribution in [0.25, 0.3) is 11.2 Å². The quantitative estimate of drug-likeness (QED) is 0.609. The number of rotatable bonds is 7. The van der Waals surface area contributed by atoms with E-state index >= 15 is 0 Å². The summed E-state index contributed by atoms with van der Waals surface area (Å²) in [7, 11) is 3.31. The molecule has 0 radical (unpaired) electrons. The number of methoxy groups -OCH3 is 2. The number of nitrogens with two attached hydrogens (primary N) is 1. The summed E-state index contributed by atoms with van der Waals surface area (Å²) < 4.78 is 13.1. The molecule has 1 fully saturated rings. The fourth-order valence-corrected chi connectivity index (χ4v) is 4.71. The maximum atomic E-state index is 6.08. The predicted molar refractivity (Wildman–Crippen MR) is 114 cm³/mol. The lowest BCUT2D eigenvalue weighted by atomic mass is 9.96. The largest absolute Gasteiger partial charge is 0.497 e. The third-order valence-corrected chi connectivity index (χ3v) is 6.29. The molecule has 0 saturated carbocycles. The molecule has 1 aromatic carbocycles. The Morgan fingerprint density at radius 3 is 2.93 bits per heavy atom. The van der Waals surface area contributed by atoms with Crippen molar-refractivity contribution in [2.24, 2.45) is 5.92 Å². The Morgan fingerprint density at radius 1 is 1.28 bits per heavy atom. The molecule has 1 unspecified atom stereocenters. The second kappa shape index (κ2) is 8.87. The van der Waals surface area contributed by atoms with E-state index in [0.29, 0.717) is 17.3 Å². The van der Waals surface area contributed by atoms with Crippen LogP contribution >= 0.6 is 11.8 Å². The molecule has 29 heavy (non-hydrogen) atoms. The Bertz CT molecular complexity index is 987. The number of benzene rings is 1. The third-order valence-electron chi connectivity index (χ3n) is 5.26. The van der Waals surface area contributed by atoms with Crippen molar-refractivity contribution in [2.45, 2.75) is 35.9 Å². The first-order valence-corrected chi connectivity index (χ1v) is 10.6. The summed E-state index contributed by atoms with van der Waals surface area (Å²) in [5, 5.41) is 4.31. The van der Waals surface area contributed by atoms with E-state index in [9.17, 15) is 0 Å². The van der Waals surface area contributed by atoms with Crippen LogP contribution in [0, 0.1) is 5.92 Å². The molecule has 9 heteroatoms. The summed E-state index contributed by atoms with van der Waals surface area (Å²) in [5.74, 6) is 2.59. The Morgan fingerprint density at radius 2 is 2.17 bits per heavy atom. The van der Waals surface area contributed by atoms with Crippen LogP contribution < -0.4 is 20.5 Å². The third kappa shape index (κ3) is 4.25. The number of anilines is 1. The first-order chi connectivity index (χ1) is 14.2. The van der Waals surface area contributed by atoms with E-state index in [0.717, 1.165) is 53.3 Å². The van der Waals surface area contributed by atoms with E-state index in [-0.39, 0.29) is 0 Å². The van der Waals surface area contributed by atoms with Crippen molar-refractivity contribution in [2.75, 3.05) is 33.0 Å². The van der Waals surface area contributed by atoms with Gasteiger partial charge < -0.3 is 25.1 Å². The van der Waals surface area contributed by atoms with Crippen LogP contribution in [0.1, 0.15) is 19.3 Å². The molecule has 2 aromatic heterocycles. The molecule has 0 spiro atoms. The summed E-state index contributed by atoms with van der Waals surface area (Å²) in [6, 6.07) is 5.73. The fourth-order valence-electron chi connectivity index (χ4n) is 3.66.